The molecule has 5 nitrogen and oxygen atoms in total. The molecule has 1 fully saturated rings. The van der Waals surface area contributed by atoms with Gasteiger partial charge in [-0.15, -0.1) is 0 Å². The van der Waals surface area contributed by atoms with E-state index >= 15 is 0 Å². The molecule has 1 aliphatic carbocycles. The fraction of sp³-hybridized carbons (Fsp3) is 0.538. The van der Waals surface area contributed by atoms with Gasteiger partial charge in [0.2, 0.25) is 10.0 Å². The number of anilines is 1. The van der Waals surface area contributed by atoms with Crippen LogP contribution in [-0.2, 0) is 10.0 Å². The third-order valence-electron chi connectivity index (χ3n) is 3.71. The maximum absolute atomic E-state index is 12.3. The summed E-state index contributed by atoms with van der Waals surface area (Å²) in [6.45, 7) is 1.91. The Hall–Kier alpha value is -1.27. The Morgan fingerprint density at radius 2 is 2.11 bits per heavy atom. The number of nitrogens with one attached hydrogen (secondary N) is 1. The molecule has 0 bridgehead atoms. The molecule has 1 aromatic rings. The molecule has 0 spiro atoms. The van der Waals surface area contributed by atoms with Crippen LogP contribution in [0, 0.1) is 5.92 Å². The van der Waals surface area contributed by atoms with E-state index in [1.165, 1.54) is 25.7 Å². The van der Waals surface area contributed by atoms with E-state index in [0.717, 1.165) is 12.8 Å². The average molecular weight is 284 g/mol. The summed E-state index contributed by atoms with van der Waals surface area (Å²) < 4.78 is 32.3. The van der Waals surface area contributed by atoms with Gasteiger partial charge in [-0.25, -0.2) is 13.1 Å². The van der Waals surface area contributed by atoms with Gasteiger partial charge >= 0.3 is 0 Å². The van der Waals surface area contributed by atoms with Crippen LogP contribution in [0.5, 0.6) is 5.75 Å². The Bertz CT molecular complexity index is 553. The molecule has 106 valence electrons. The normalized spacial score (nSPS) is 17.8. The lowest BCUT2D eigenvalue weighted by Gasteiger charge is -2.31. The molecule has 1 unspecified atom stereocenters. The lowest BCUT2D eigenvalue weighted by atomic mass is 9.81. The highest BCUT2D eigenvalue weighted by Gasteiger charge is 2.28. The fourth-order valence-corrected chi connectivity index (χ4v) is 3.53. The van der Waals surface area contributed by atoms with E-state index in [2.05, 4.69) is 4.72 Å². The second-order valence-electron chi connectivity index (χ2n) is 5.00. The Morgan fingerprint density at radius 3 is 2.63 bits per heavy atom. The molecule has 0 amide bonds. The summed E-state index contributed by atoms with van der Waals surface area (Å²) >= 11 is 0. The van der Waals surface area contributed by atoms with E-state index in [-0.39, 0.29) is 10.9 Å². The van der Waals surface area contributed by atoms with Crippen molar-refractivity contribution in [2.75, 3.05) is 12.8 Å². The maximum Gasteiger partial charge on any atom is 0.240 e. The van der Waals surface area contributed by atoms with Crippen molar-refractivity contribution in [2.24, 2.45) is 5.92 Å². The number of methoxy groups -OCH3 is 1. The first-order valence-corrected chi connectivity index (χ1v) is 7.88. The number of sulfonamides is 1. The number of hydrogen-bond acceptors (Lipinski definition) is 4. The van der Waals surface area contributed by atoms with Gasteiger partial charge in [0.25, 0.3) is 0 Å². The molecular weight excluding hydrogens is 264 g/mol. The van der Waals surface area contributed by atoms with Crippen molar-refractivity contribution in [1.29, 1.82) is 0 Å². The van der Waals surface area contributed by atoms with Crippen molar-refractivity contribution in [3.63, 3.8) is 0 Å². The zero-order valence-corrected chi connectivity index (χ0v) is 12.0. The summed E-state index contributed by atoms with van der Waals surface area (Å²) in [5, 5.41) is 0. The minimum Gasteiger partial charge on any atom is -0.495 e. The maximum atomic E-state index is 12.3. The van der Waals surface area contributed by atoms with Gasteiger partial charge in [-0.2, -0.15) is 0 Å². The van der Waals surface area contributed by atoms with Crippen molar-refractivity contribution in [3.05, 3.63) is 18.2 Å². The van der Waals surface area contributed by atoms with Crippen molar-refractivity contribution >= 4 is 15.7 Å². The minimum atomic E-state index is -3.52. The SMILES string of the molecule is COc1cc(S(=O)(=O)NC(C)C2CCC2)ccc1N. The largest absolute Gasteiger partial charge is 0.495 e. The lowest BCUT2D eigenvalue weighted by Crippen LogP contribution is -2.40. The first kappa shape index (κ1) is 14.1. The van der Waals surface area contributed by atoms with Crippen molar-refractivity contribution in [2.45, 2.75) is 37.1 Å². The van der Waals surface area contributed by atoms with Gasteiger partial charge in [0, 0.05) is 12.1 Å². The number of nitrogen functional groups attached to an aromatic ring is 1. The van der Waals surface area contributed by atoms with Gasteiger partial charge in [0.05, 0.1) is 17.7 Å². The standard InChI is InChI=1S/C13H20N2O3S/c1-9(10-4-3-5-10)15-19(16,17)11-6-7-12(14)13(8-11)18-2/h6-10,15H,3-5,14H2,1-2H3. The van der Waals surface area contributed by atoms with Gasteiger partial charge in [0.1, 0.15) is 5.75 Å². The van der Waals surface area contributed by atoms with Crippen molar-refractivity contribution in [3.8, 4) is 5.75 Å². The third-order valence-corrected chi connectivity index (χ3v) is 5.27. The molecule has 0 aliphatic heterocycles. The molecule has 0 radical (unpaired) electrons. The second kappa shape index (κ2) is 5.38. The molecule has 1 saturated carbocycles. The van der Waals surface area contributed by atoms with Crippen molar-refractivity contribution in [1.82, 2.24) is 4.72 Å². The first-order valence-electron chi connectivity index (χ1n) is 6.40. The molecular formula is C13H20N2O3S. The van der Waals surface area contributed by atoms with E-state index in [0.29, 0.717) is 17.4 Å². The van der Waals surface area contributed by atoms with Gasteiger partial charge < -0.3 is 10.5 Å². The molecule has 0 saturated heterocycles. The summed E-state index contributed by atoms with van der Waals surface area (Å²) in [6, 6.07) is 4.45. The number of hydrogen-bond donors (Lipinski definition) is 2. The molecule has 19 heavy (non-hydrogen) atoms. The van der Waals surface area contributed by atoms with E-state index in [9.17, 15) is 8.42 Å². The van der Waals surface area contributed by atoms with E-state index in [1.807, 2.05) is 6.92 Å². The van der Waals surface area contributed by atoms with Crippen LogP contribution < -0.4 is 15.2 Å². The molecule has 1 aromatic carbocycles. The Labute approximate surface area is 114 Å². The Kier molecular flexibility index (Phi) is 4.01. The topological polar surface area (TPSA) is 81.4 Å². The monoisotopic (exact) mass is 284 g/mol. The molecule has 0 heterocycles. The van der Waals surface area contributed by atoms with E-state index in [1.54, 1.807) is 6.07 Å². The second-order valence-corrected chi connectivity index (χ2v) is 6.72. The average Bonchev–Trinajstić information content (AvgIpc) is 2.26. The highest BCUT2D eigenvalue weighted by atomic mass is 32.2. The number of rotatable bonds is 5. The quantitative estimate of drug-likeness (QED) is 0.807. The minimum absolute atomic E-state index is 0.0395. The predicted octanol–water partition coefficient (Wildman–Crippen LogP) is 1.74. The van der Waals surface area contributed by atoms with Crippen LogP contribution in [0.3, 0.4) is 0 Å². The van der Waals surface area contributed by atoms with E-state index < -0.39 is 10.0 Å². The zero-order chi connectivity index (χ0) is 14.0. The Balaban J connectivity index is 2.18. The smallest absolute Gasteiger partial charge is 0.240 e. The van der Waals surface area contributed by atoms with Crippen LogP contribution in [0.15, 0.2) is 23.1 Å². The summed E-state index contributed by atoms with van der Waals surface area (Å²) in [4.78, 5) is 0.185. The number of nitrogens with two attached hydrogens (primary N) is 1. The van der Waals surface area contributed by atoms with Crippen LogP contribution in [0.1, 0.15) is 26.2 Å². The lowest BCUT2D eigenvalue weighted by molar-refractivity contribution is 0.260. The Morgan fingerprint density at radius 1 is 1.42 bits per heavy atom. The highest BCUT2D eigenvalue weighted by Crippen LogP contribution is 2.30. The highest BCUT2D eigenvalue weighted by molar-refractivity contribution is 7.89. The first-order chi connectivity index (χ1) is 8.94. The molecule has 6 heteroatoms. The van der Waals surface area contributed by atoms with Crippen LogP contribution >= 0.6 is 0 Å². The predicted molar refractivity (Wildman–Crippen MR) is 74.5 cm³/mol. The van der Waals surface area contributed by atoms with Crippen LogP contribution in [0.2, 0.25) is 0 Å². The van der Waals surface area contributed by atoms with Gasteiger partial charge in [-0.05, 0) is 37.8 Å². The zero-order valence-electron chi connectivity index (χ0n) is 11.2. The molecule has 3 N–H and O–H groups in total. The molecule has 1 aliphatic rings. The third kappa shape index (κ3) is 3.01. The summed E-state index contributed by atoms with van der Waals surface area (Å²) in [6.07, 6.45) is 3.37. The van der Waals surface area contributed by atoms with Crippen LogP contribution in [-0.4, -0.2) is 21.6 Å². The van der Waals surface area contributed by atoms with Crippen LogP contribution in [0.25, 0.3) is 0 Å². The van der Waals surface area contributed by atoms with Gasteiger partial charge in [-0.1, -0.05) is 6.42 Å². The van der Waals surface area contributed by atoms with Gasteiger partial charge in [-0.3, -0.25) is 0 Å². The number of ether oxygens (including phenoxy) is 1. The summed E-state index contributed by atoms with van der Waals surface area (Å²) in [7, 11) is -2.05. The molecule has 1 atom stereocenters. The van der Waals surface area contributed by atoms with Crippen LogP contribution in [0.4, 0.5) is 5.69 Å². The molecule has 2 rings (SSSR count). The molecule has 0 aromatic heterocycles. The fourth-order valence-electron chi connectivity index (χ4n) is 2.21. The van der Waals surface area contributed by atoms with Crippen molar-refractivity contribution < 1.29 is 13.2 Å². The van der Waals surface area contributed by atoms with E-state index in [4.69, 9.17) is 10.5 Å². The summed E-state index contributed by atoms with van der Waals surface area (Å²) in [5.74, 6) is 0.824. The summed E-state index contributed by atoms with van der Waals surface area (Å²) in [5.41, 5.74) is 6.11. The number of benzene rings is 1. The van der Waals surface area contributed by atoms with Gasteiger partial charge in [0.15, 0.2) is 0 Å².